The van der Waals surface area contributed by atoms with Gasteiger partial charge < -0.3 is 30.1 Å². The highest BCUT2D eigenvalue weighted by atomic mass is 16.7. The summed E-state index contributed by atoms with van der Waals surface area (Å²) < 4.78 is 13.1. The van der Waals surface area contributed by atoms with Gasteiger partial charge in [0.2, 0.25) is 5.91 Å². The summed E-state index contributed by atoms with van der Waals surface area (Å²) in [5, 5.41) is 31.1. The predicted octanol–water partition coefficient (Wildman–Crippen LogP) is 5.11. The Morgan fingerprint density at radius 3 is 2.36 bits per heavy atom. The standard InChI is InChI=1S/C36H44N2O7/c39-23-25-11-13-27(14-12-25)33-20-31(22-38-19-5-7-30(38)24-40)44-36(45-33)28-17-15-26(16-18-28)32-8-2-1-6-29(32)21-37-34(41)9-3-4-10-35(42)43/h1-2,6,8,11-18,30-31,33,36,39-40H,3-5,7,9-10,19-24H2,(H,37,41)(H,42,43). The molecule has 3 aromatic rings. The normalized spacial score (nSPS) is 21.9. The van der Waals surface area contributed by atoms with Gasteiger partial charge in [-0.05, 0) is 60.0 Å². The molecule has 0 saturated carbocycles. The third-order valence-corrected chi connectivity index (χ3v) is 8.79. The number of carboxylic acid groups (broad SMARTS) is 1. The van der Waals surface area contributed by atoms with Gasteiger partial charge in [0, 0.05) is 44.0 Å². The van der Waals surface area contributed by atoms with Crippen LogP contribution >= 0.6 is 0 Å². The van der Waals surface area contributed by atoms with Crippen molar-refractivity contribution in [3.8, 4) is 11.1 Å². The fourth-order valence-corrected chi connectivity index (χ4v) is 6.26. The van der Waals surface area contributed by atoms with Crippen molar-refractivity contribution in [2.45, 2.75) is 82.6 Å². The van der Waals surface area contributed by atoms with Crippen molar-refractivity contribution in [3.63, 3.8) is 0 Å². The number of likely N-dealkylation sites (tertiary alicyclic amines) is 1. The van der Waals surface area contributed by atoms with Gasteiger partial charge >= 0.3 is 5.97 Å². The van der Waals surface area contributed by atoms with E-state index in [4.69, 9.17) is 14.6 Å². The second-order valence-electron chi connectivity index (χ2n) is 12.0. The van der Waals surface area contributed by atoms with Gasteiger partial charge in [0.1, 0.15) is 0 Å². The van der Waals surface area contributed by atoms with Gasteiger partial charge in [-0.25, -0.2) is 0 Å². The monoisotopic (exact) mass is 616 g/mol. The van der Waals surface area contributed by atoms with Gasteiger partial charge in [-0.3, -0.25) is 14.5 Å². The van der Waals surface area contributed by atoms with E-state index in [1.165, 1.54) is 0 Å². The smallest absolute Gasteiger partial charge is 0.303 e. The lowest BCUT2D eigenvalue weighted by molar-refractivity contribution is -0.253. The molecule has 4 N–H and O–H groups in total. The number of ether oxygens (including phenoxy) is 2. The van der Waals surface area contributed by atoms with Crippen LogP contribution in [-0.2, 0) is 32.2 Å². The average Bonchev–Trinajstić information content (AvgIpc) is 3.52. The molecule has 45 heavy (non-hydrogen) atoms. The first kappa shape index (κ1) is 32.8. The summed E-state index contributed by atoms with van der Waals surface area (Å²) in [6.07, 6.45) is 3.35. The zero-order chi connectivity index (χ0) is 31.6. The molecule has 9 heteroatoms. The molecule has 0 aromatic heterocycles. The van der Waals surface area contributed by atoms with Crippen LogP contribution in [0.2, 0.25) is 0 Å². The molecule has 2 heterocycles. The molecule has 4 atom stereocenters. The van der Waals surface area contributed by atoms with E-state index in [-0.39, 0.29) is 43.8 Å². The molecular formula is C36H44N2O7. The van der Waals surface area contributed by atoms with Crippen LogP contribution in [0.25, 0.3) is 11.1 Å². The summed E-state index contributed by atoms with van der Waals surface area (Å²) in [6.45, 7) is 2.21. The summed E-state index contributed by atoms with van der Waals surface area (Å²) in [5.41, 5.74) is 5.83. The lowest BCUT2D eigenvalue weighted by Gasteiger charge is -2.38. The number of unbranched alkanes of at least 4 members (excludes halogenated alkanes) is 1. The first-order chi connectivity index (χ1) is 21.9. The summed E-state index contributed by atoms with van der Waals surface area (Å²) in [5.74, 6) is -0.935. The number of aliphatic hydroxyl groups excluding tert-OH is 2. The molecule has 2 aliphatic rings. The zero-order valence-corrected chi connectivity index (χ0v) is 25.6. The van der Waals surface area contributed by atoms with E-state index in [0.29, 0.717) is 32.2 Å². The van der Waals surface area contributed by atoms with E-state index in [2.05, 4.69) is 10.2 Å². The van der Waals surface area contributed by atoms with Crippen molar-refractivity contribution in [1.82, 2.24) is 10.2 Å². The number of benzene rings is 3. The Morgan fingerprint density at radius 1 is 0.889 bits per heavy atom. The molecule has 4 unspecified atom stereocenters. The van der Waals surface area contributed by atoms with Crippen LogP contribution < -0.4 is 5.32 Å². The molecule has 2 aliphatic heterocycles. The summed E-state index contributed by atoms with van der Waals surface area (Å²) in [6, 6.07) is 24.1. The minimum Gasteiger partial charge on any atom is -0.481 e. The van der Waals surface area contributed by atoms with Crippen molar-refractivity contribution >= 4 is 11.9 Å². The molecule has 5 rings (SSSR count). The maximum Gasteiger partial charge on any atom is 0.303 e. The SMILES string of the molecule is O=C(O)CCCCC(=O)NCc1ccccc1-c1ccc(C2OC(CN3CCCC3CO)CC(c3ccc(CO)cc3)O2)cc1. The molecule has 2 saturated heterocycles. The Labute approximate surface area is 264 Å². The molecule has 0 spiro atoms. The van der Waals surface area contributed by atoms with Crippen molar-refractivity contribution in [3.05, 3.63) is 95.1 Å². The Bertz CT molecular complexity index is 1400. The van der Waals surface area contributed by atoms with Gasteiger partial charge in [0.15, 0.2) is 6.29 Å². The first-order valence-corrected chi connectivity index (χ1v) is 16.0. The van der Waals surface area contributed by atoms with Gasteiger partial charge in [-0.1, -0.05) is 72.8 Å². The van der Waals surface area contributed by atoms with Gasteiger partial charge in [0.05, 0.1) is 25.4 Å². The lowest BCUT2D eigenvalue weighted by atomic mass is 9.97. The van der Waals surface area contributed by atoms with E-state index in [0.717, 1.165) is 59.3 Å². The van der Waals surface area contributed by atoms with Crippen LogP contribution in [0.5, 0.6) is 0 Å². The quantitative estimate of drug-likeness (QED) is 0.184. The van der Waals surface area contributed by atoms with Crippen molar-refractivity contribution in [1.29, 1.82) is 0 Å². The maximum atomic E-state index is 12.3. The number of aliphatic carboxylic acids is 1. The number of hydrogen-bond donors (Lipinski definition) is 4. The number of hydrogen-bond acceptors (Lipinski definition) is 7. The van der Waals surface area contributed by atoms with Crippen molar-refractivity contribution < 1.29 is 34.4 Å². The molecule has 240 valence electrons. The lowest BCUT2D eigenvalue weighted by Crippen LogP contribution is -2.42. The molecule has 2 fully saturated rings. The van der Waals surface area contributed by atoms with Gasteiger partial charge in [-0.2, -0.15) is 0 Å². The molecule has 3 aromatic carbocycles. The predicted molar refractivity (Wildman–Crippen MR) is 170 cm³/mol. The maximum absolute atomic E-state index is 12.3. The Hall–Kier alpha value is -3.60. The van der Waals surface area contributed by atoms with Crippen molar-refractivity contribution in [2.24, 2.45) is 0 Å². The highest BCUT2D eigenvalue weighted by Crippen LogP contribution is 2.39. The number of aliphatic hydroxyl groups is 2. The van der Waals surface area contributed by atoms with Crippen LogP contribution in [0, 0.1) is 0 Å². The average molecular weight is 617 g/mol. The van der Waals surface area contributed by atoms with Crippen molar-refractivity contribution in [2.75, 3.05) is 19.7 Å². The second-order valence-corrected chi connectivity index (χ2v) is 12.0. The number of nitrogens with zero attached hydrogens (tertiary/aromatic N) is 1. The van der Waals surface area contributed by atoms with Crippen LogP contribution in [0.4, 0.5) is 0 Å². The minimum absolute atomic E-state index is 0.00583. The summed E-state index contributed by atoms with van der Waals surface area (Å²) >= 11 is 0. The largest absolute Gasteiger partial charge is 0.481 e. The third kappa shape index (κ3) is 8.99. The zero-order valence-electron chi connectivity index (χ0n) is 25.6. The summed E-state index contributed by atoms with van der Waals surface area (Å²) in [7, 11) is 0. The Kier molecular flexibility index (Phi) is 11.7. The van der Waals surface area contributed by atoms with E-state index in [1.54, 1.807) is 0 Å². The third-order valence-electron chi connectivity index (χ3n) is 8.79. The molecule has 0 bridgehead atoms. The molecule has 0 aliphatic carbocycles. The highest BCUT2D eigenvalue weighted by Gasteiger charge is 2.35. The number of carbonyl (C=O) groups excluding carboxylic acids is 1. The minimum atomic E-state index is -0.844. The first-order valence-electron chi connectivity index (χ1n) is 16.0. The fourth-order valence-electron chi connectivity index (χ4n) is 6.26. The number of rotatable bonds is 14. The van der Waals surface area contributed by atoms with Gasteiger partial charge in [-0.15, -0.1) is 0 Å². The molecular weight excluding hydrogens is 572 g/mol. The Balaban J connectivity index is 1.28. The summed E-state index contributed by atoms with van der Waals surface area (Å²) in [4.78, 5) is 25.4. The number of nitrogens with one attached hydrogen (secondary N) is 1. The Morgan fingerprint density at radius 2 is 1.62 bits per heavy atom. The van der Waals surface area contributed by atoms with E-state index in [1.807, 2.05) is 72.8 Å². The number of carbonyl (C=O) groups is 2. The highest BCUT2D eigenvalue weighted by molar-refractivity contribution is 5.76. The van der Waals surface area contributed by atoms with E-state index in [9.17, 15) is 19.8 Å². The fraction of sp³-hybridized carbons (Fsp3) is 0.444. The second kappa shape index (κ2) is 16.1. The van der Waals surface area contributed by atoms with Crippen LogP contribution in [-0.4, -0.2) is 63.9 Å². The van der Waals surface area contributed by atoms with E-state index >= 15 is 0 Å². The molecule has 0 radical (unpaired) electrons. The topological polar surface area (TPSA) is 129 Å². The van der Waals surface area contributed by atoms with E-state index < -0.39 is 12.3 Å². The van der Waals surface area contributed by atoms with Crippen LogP contribution in [0.1, 0.15) is 79.6 Å². The van der Waals surface area contributed by atoms with Crippen LogP contribution in [0.3, 0.4) is 0 Å². The number of amides is 1. The molecule has 1 amide bonds. The molecule has 9 nitrogen and oxygen atoms in total. The van der Waals surface area contributed by atoms with Crippen LogP contribution in [0.15, 0.2) is 72.8 Å². The van der Waals surface area contributed by atoms with Gasteiger partial charge in [0.25, 0.3) is 0 Å². The number of carboxylic acids is 1.